The Morgan fingerprint density at radius 3 is 2.75 bits per heavy atom. The van der Waals surface area contributed by atoms with E-state index in [1.54, 1.807) is 6.07 Å². The van der Waals surface area contributed by atoms with Crippen LogP contribution in [0.5, 0.6) is 5.75 Å². The van der Waals surface area contributed by atoms with Gasteiger partial charge in [0.05, 0.1) is 18.5 Å². The standard InChI is InChI=1S/C12H20N2O2/c1-3-14(7-8-16-4-2)10-11-5-6-12(15)9-13-11/h5-6,9,15H,3-4,7-8,10H2,1-2H3. The molecule has 1 rings (SSSR count). The van der Waals surface area contributed by atoms with Crippen LogP contribution in [0.4, 0.5) is 0 Å². The average Bonchev–Trinajstić information content (AvgIpc) is 2.31. The van der Waals surface area contributed by atoms with E-state index in [9.17, 15) is 0 Å². The van der Waals surface area contributed by atoms with E-state index < -0.39 is 0 Å². The highest BCUT2D eigenvalue weighted by Gasteiger charge is 2.04. The molecule has 4 heteroatoms. The third kappa shape index (κ3) is 4.59. The minimum absolute atomic E-state index is 0.209. The van der Waals surface area contributed by atoms with E-state index in [2.05, 4.69) is 16.8 Å². The minimum Gasteiger partial charge on any atom is -0.506 e. The molecule has 0 radical (unpaired) electrons. The van der Waals surface area contributed by atoms with Crippen molar-refractivity contribution in [3.63, 3.8) is 0 Å². The SMILES string of the molecule is CCOCCN(CC)Cc1ccc(O)cn1. The lowest BCUT2D eigenvalue weighted by Crippen LogP contribution is -2.27. The summed E-state index contributed by atoms with van der Waals surface area (Å²) in [6, 6.07) is 3.51. The maximum Gasteiger partial charge on any atom is 0.133 e. The highest BCUT2D eigenvalue weighted by atomic mass is 16.5. The summed E-state index contributed by atoms with van der Waals surface area (Å²) in [6.45, 7) is 8.30. The number of aromatic nitrogens is 1. The van der Waals surface area contributed by atoms with Crippen molar-refractivity contribution in [3.8, 4) is 5.75 Å². The zero-order chi connectivity index (χ0) is 11.8. The van der Waals surface area contributed by atoms with Gasteiger partial charge in [0.1, 0.15) is 5.75 Å². The number of hydrogen-bond acceptors (Lipinski definition) is 4. The van der Waals surface area contributed by atoms with Crippen LogP contribution in [0.3, 0.4) is 0 Å². The predicted molar refractivity (Wildman–Crippen MR) is 63.3 cm³/mol. The van der Waals surface area contributed by atoms with Gasteiger partial charge in [-0.25, -0.2) is 0 Å². The Morgan fingerprint density at radius 1 is 1.38 bits per heavy atom. The summed E-state index contributed by atoms with van der Waals surface area (Å²) in [6.07, 6.45) is 1.48. The van der Waals surface area contributed by atoms with Crippen LogP contribution in [0.25, 0.3) is 0 Å². The van der Waals surface area contributed by atoms with E-state index in [0.29, 0.717) is 0 Å². The molecule has 90 valence electrons. The highest BCUT2D eigenvalue weighted by molar-refractivity contribution is 5.17. The number of nitrogens with zero attached hydrogens (tertiary/aromatic N) is 2. The normalized spacial score (nSPS) is 10.9. The first-order valence-corrected chi connectivity index (χ1v) is 5.70. The van der Waals surface area contributed by atoms with Crippen molar-refractivity contribution in [2.24, 2.45) is 0 Å². The Morgan fingerprint density at radius 2 is 2.19 bits per heavy atom. The third-order valence-electron chi connectivity index (χ3n) is 2.40. The molecule has 0 bridgehead atoms. The molecule has 16 heavy (non-hydrogen) atoms. The van der Waals surface area contributed by atoms with Crippen LogP contribution in [-0.4, -0.2) is 41.3 Å². The van der Waals surface area contributed by atoms with Gasteiger partial charge >= 0.3 is 0 Å². The summed E-state index contributed by atoms with van der Waals surface area (Å²) >= 11 is 0. The van der Waals surface area contributed by atoms with Crippen molar-refractivity contribution in [1.29, 1.82) is 0 Å². The summed E-state index contributed by atoms with van der Waals surface area (Å²) in [7, 11) is 0. The summed E-state index contributed by atoms with van der Waals surface area (Å²) in [4.78, 5) is 6.42. The molecule has 0 amide bonds. The molecule has 0 atom stereocenters. The van der Waals surface area contributed by atoms with E-state index in [1.165, 1.54) is 6.20 Å². The largest absolute Gasteiger partial charge is 0.506 e. The first-order valence-electron chi connectivity index (χ1n) is 5.70. The van der Waals surface area contributed by atoms with Crippen LogP contribution in [0.15, 0.2) is 18.3 Å². The molecule has 0 fully saturated rings. The maximum absolute atomic E-state index is 9.13. The third-order valence-corrected chi connectivity index (χ3v) is 2.40. The van der Waals surface area contributed by atoms with Gasteiger partial charge in [-0.1, -0.05) is 6.92 Å². The van der Waals surface area contributed by atoms with Gasteiger partial charge in [-0.2, -0.15) is 0 Å². The van der Waals surface area contributed by atoms with Crippen LogP contribution >= 0.6 is 0 Å². The van der Waals surface area contributed by atoms with Crippen molar-refractivity contribution in [2.75, 3.05) is 26.3 Å². The Balaban J connectivity index is 2.40. The summed E-state index contributed by atoms with van der Waals surface area (Å²) in [5.74, 6) is 0.209. The van der Waals surface area contributed by atoms with Crippen molar-refractivity contribution in [1.82, 2.24) is 9.88 Å². The summed E-state index contributed by atoms with van der Waals surface area (Å²) in [5.41, 5.74) is 0.969. The van der Waals surface area contributed by atoms with Crippen molar-refractivity contribution >= 4 is 0 Å². The van der Waals surface area contributed by atoms with Gasteiger partial charge in [-0.3, -0.25) is 9.88 Å². The maximum atomic E-state index is 9.13. The molecule has 0 aliphatic heterocycles. The van der Waals surface area contributed by atoms with Gasteiger partial charge in [-0.15, -0.1) is 0 Å². The highest BCUT2D eigenvalue weighted by Crippen LogP contribution is 2.07. The fourth-order valence-electron chi connectivity index (χ4n) is 1.43. The van der Waals surface area contributed by atoms with Gasteiger partial charge in [0.25, 0.3) is 0 Å². The molecule has 4 nitrogen and oxygen atoms in total. The second-order valence-corrected chi connectivity index (χ2v) is 3.57. The molecule has 0 aliphatic carbocycles. The van der Waals surface area contributed by atoms with E-state index in [4.69, 9.17) is 9.84 Å². The van der Waals surface area contributed by atoms with Gasteiger partial charge < -0.3 is 9.84 Å². The van der Waals surface area contributed by atoms with Crippen LogP contribution in [0.1, 0.15) is 19.5 Å². The van der Waals surface area contributed by atoms with Gasteiger partial charge in [0.15, 0.2) is 0 Å². The Bertz CT molecular complexity index is 288. The predicted octanol–water partition coefficient (Wildman–Crippen LogP) is 1.65. The molecule has 0 aromatic carbocycles. The lowest BCUT2D eigenvalue weighted by Gasteiger charge is -2.19. The molecular formula is C12H20N2O2. The fourth-order valence-corrected chi connectivity index (χ4v) is 1.43. The van der Waals surface area contributed by atoms with Gasteiger partial charge in [0.2, 0.25) is 0 Å². The van der Waals surface area contributed by atoms with Crippen LogP contribution < -0.4 is 0 Å². The zero-order valence-electron chi connectivity index (χ0n) is 10.0. The first kappa shape index (κ1) is 12.9. The number of hydrogen-bond donors (Lipinski definition) is 1. The molecule has 0 aliphatic rings. The number of aromatic hydroxyl groups is 1. The molecule has 0 unspecified atom stereocenters. The van der Waals surface area contributed by atoms with Crippen molar-refractivity contribution in [3.05, 3.63) is 24.0 Å². The fraction of sp³-hybridized carbons (Fsp3) is 0.583. The molecule has 1 aromatic heterocycles. The van der Waals surface area contributed by atoms with Crippen LogP contribution in [0, 0.1) is 0 Å². The molecule has 0 saturated heterocycles. The van der Waals surface area contributed by atoms with E-state index >= 15 is 0 Å². The number of ether oxygens (including phenoxy) is 1. The lowest BCUT2D eigenvalue weighted by molar-refractivity contribution is 0.112. The summed E-state index contributed by atoms with van der Waals surface area (Å²) < 4.78 is 5.32. The molecule has 0 spiro atoms. The molecule has 1 heterocycles. The van der Waals surface area contributed by atoms with Crippen LogP contribution in [0.2, 0.25) is 0 Å². The first-order chi connectivity index (χ1) is 7.76. The molecule has 1 N–H and O–H groups in total. The number of likely N-dealkylation sites (N-methyl/N-ethyl adjacent to an activating group) is 1. The second kappa shape index (κ2) is 7.19. The Kier molecular flexibility index (Phi) is 5.82. The summed E-state index contributed by atoms with van der Waals surface area (Å²) in [5, 5.41) is 9.13. The van der Waals surface area contributed by atoms with Crippen LogP contribution in [-0.2, 0) is 11.3 Å². The van der Waals surface area contributed by atoms with Gasteiger partial charge in [-0.05, 0) is 25.6 Å². The van der Waals surface area contributed by atoms with Gasteiger partial charge in [0, 0.05) is 19.7 Å². The average molecular weight is 224 g/mol. The zero-order valence-corrected chi connectivity index (χ0v) is 10.0. The smallest absolute Gasteiger partial charge is 0.133 e. The Hall–Kier alpha value is -1.13. The quantitative estimate of drug-likeness (QED) is 0.715. The second-order valence-electron chi connectivity index (χ2n) is 3.57. The van der Waals surface area contributed by atoms with E-state index in [0.717, 1.165) is 38.5 Å². The molecular weight excluding hydrogens is 204 g/mol. The number of pyridine rings is 1. The van der Waals surface area contributed by atoms with E-state index in [-0.39, 0.29) is 5.75 Å². The Labute approximate surface area is 96.9 Å². The molecule has 0 saturated carbocycles. The lowest BCUT2D eigenvalue weighted by atomic mass is 10.3. The van der Waals surface area contributed by atoms with E-state index in [1.807, 2.05) is 13.0 Å². The molecule has 1 aromatic rings. The minimum atomic E-state index is 0.209. The van der Waals surface area contributed by atoms with Crippen molar-refractivity contribution < 1.29 is 9.84 Å². The van der Waals surface area contributed by atoms with Crippen molar-refractivity contribution in [2.45, 2.75) is 20.4 Å². The number of rotatable bonds is 7. The monoisotopic (exact) mass is 224 g/mol. The topological polar surface area (TPSA) is 45.6 Å².